The van der Waals surface area contributed by atoms with Crippen molar-refractivity contribution in [2.45, 2.75) is 0 Å². The van der Waals surface area contributed by atoms with Crippen molar-refractivity contribution in [3.8, 4) is 0 Å². The van der Waals surface area contributed by atoms with Crippen LogP contribution in [0.3, 0.4) is 0 Å². The lowest BCUT2D eigenvalue weighted by Crippen LogP contribution is -2.12. The molecule has 0 atom stereocenters. The molecule has 8 heteroatoms. The van der Waals surface area contributed by atoms with Gasteiger partial charge in [0.15, 0.2) is 0 Å². The SMILES string of the molecule is Nc1ccc(C(=O)Nc2ccc([N+](=O)[O-])c(Br)c2)cc1Br. The molecule has 2 aromatic rings. The molecule has 3 N–H and O–H groups in total. The summed E-state index contributed by atoms with van der Waals surface area (Å²) in [5.74, 6) is -0.337. The minimum absolute atomic E-state index is 0.0665. The second-order valence-corrected chi connectivity index (χ2v) is 5.82. The molecule has 2 aromatic carbocycles. The number of benzene rings is 2. The topological polar surface area (TPSA) is 98.3 Å². The van der Waals surface area contributed by atoms with Crippen molar-refractivity contribution in [1.82, 2.24) is 0 Å². The van der Waals surface area contributed by atoms with Crippen LogP contribution in [0.4, 0.5) is 17.1 Å². The number of rotatable bonds is 3. The average Bonchev–Trinajstić information content (AvgIpc) is 2.41. The van der Waals surface area contributed by atoms with Crippen molar-refractivity contribution < 1.29 is 9.72 Å². The Morgan fingerprint density at radius 1 is 1.14 bits per heavy atom. The van der Waals surface area contributed by atoms with E-state index >= 15 is 0 Å². The van der Waals surface area contributed by atoms with Gasteiger partial charge < -0.3 is 11.1 Å². The molecule has 6 nitrogen and oxygen atoms in total. The lowest BCUT2D eigenvalue weighted by molar-refractivity contribution is -0.385. The molecule has 1 amide bonds. The summed E-state index contributed by atoms with van der Waals surface area (Å²) in [5, 5.41) is 13.4. The van der Waals surface area contributed by atoms with Gasteiger partial charge in [0.25, 0.3) is 11.6 Å². The van der Waals surface area contributed by atoms with Crippen LogP contribution in [-0.2, 0) is 0 Å². The maximum absolute atomic E-state index is 12.1. The Bertz CT molecular complexity index is 735. The molecule has 0 aliphatic carbocycles. The Balaban J connectivity index is 2.21. The van der Waals surface area contributed by atoms with Gasteiger partial charge in [0.2, 0.25) is 0 Å². The second kappa shape index (κ2) is 6.23. The van der Waals surface area contributed by atoms with Crippen LogP contribution in [0.5, 0.6) is 0 Å². The van der Waals surface area contributed by atoms with Gasteiger partial charge in [0, 0.05) is 27.5 Å². The third-order valence-corrected chi connectivity index (χ3v) is 3.99. The van der Waals surface area contributed by atoms with Crippen molar-refractivity contribution in [1.29, 1.82) is 0 Å². The molecular formula is C13H9Br2N3O3. The molecule has 0 radical (unpaired) electrons. The second-order valence-electron chi connectivity index (χ2n) is 4.11. The predicted molar refractivity (Wildman–Crippen MR) is 87.3 cm³/mol. The summed E-state index contributed by atoms with van der Waals surface area (Å²) in [6, 6.07) is 9.07. The number of carbonyl (C=O) groups excluding carboxylic acids is 1. The Morgan fingerprint density at radius 3 is 2.43 bits per heavy atom. The summed E-state index contributed by atoms with van der Waals surface area (Å²) in [7, 11) is 0. The van der Waals surface area contributed by atoms with Gasteiger partial charge in [-0.05, 0) is 62.2 Å². The minimum atomic E-state index is -0.507. The van der Waals surface area contributed by atoms with Gasteiger partial charge in [-0.1, -0.05) is 0 Å². The highest BCUT2D eigenvalue weighted by Gasteiger charge is 2.13. The normalized spacial score (nSPS) is 10.2. The number of hydrogen-bond donors (Lipinski definition) is 2. The summed E-state index contributed by atoms with van der Waals surface area (Å²) >= 11 is 6.35. The zero-order chi connectivity index (χ0) is 15.6. The maximum Gasteiger partial charge on any atom is 0.283 e. The van der Waals surface area contributed by atoms with E-state index in [1.54, 1.807) is 18.2 Å². The van der Waals surface area contributed by atoms with Crippen molar-refractivity contribution >= 4 is 54.8 Å². The van der Waals surface area contributed by atoms with Gasteiger partial charge in [-0.25, -0.2) is 0 Å². The zero-order valence-electron chi connectivity index (χ0n) is 10.5. The summed E-state index contributed by atoms with van der Waals surface area (Å²) in [4.78, 5) is 22.3. The largest absolute Gasteiger partial charge is 0.398 e. The first-order valence-electron chi connectivity index (χ1n) is 5.69. The van der Waals surface area contributed by atoms with Gasteiger partial charge in [-0.15, -0.1) is 0 Å². The summed E-state index contributed by atoms with van der Waals surface area (Å²) < 4.78 is 0.920. The van der Waals surface area contributed by atoms with E-state index in [2.05, 4.69) is 37.2 Å². The third-order valence-electron chi connectivity index (χ3n) is 2.66. The Labute approximate surface area is 136 Å². The van der Waals surface area contributed by atoms with Crippen LogP contribution in [0, 0.1) is 10.1 Å². The third kappa shape index (κ3) is 3.59. The maximum atomic E-state index is 12.1. The fourth-order valence-electron chi connectivity index (χ4n) is 1.60. The van der Waals surface area contributed by atoms with E-state index < -0.39 is 4.92 Å². The lowest BCUT2D eigenvalue weighted by atomic mass is 10.2. The van der Waals surface area contributed by atoms with E-state index in [1.807, 2.05) is 0 Å². The molecule has 0 aliphatic rings. The van der Waals surface area contributed by atoms with Crippen LogP contribution in [0.15, 0.2) is 45.3 Å². The van der Waals surface area contributed by atoms with Crippen molar-refractivity contribution in [2.75, 3.05) is 11.1 Å². The smallest absolute Gasteiger partial charge is 0.283 e. The van der Waals surface area contributed by atoms with Gasteiger partial charge in [0.1, 0.15) is 0 Å². The van der Waals surface area contributed by atoms with E-state index in [9.17, 15) is 14.9 Å². The molecule has 0 bridgehead atoms. The first kappa shape index (κ1) is 15.5. The first-order chi connectivity index (χ1) is 9.88. The summed E-state index contributed by atoms with van der Waals surface area (Å²) in [6.45, 7) is 0. The Kier molecular flexibility index (Phi) is 4.59. The Hall–Kier alpha value is -1.93. The highest BCUT2D eigenvalue weighted by molar-refractivity contribution is 9.11. The van der Waals surface area contributed by atoms with E-state index in [0.717, 1.165) is 0 Å². The van der Waals surface area contributed by atoms with Crippen molar-refractivity contribution in [2.24, 2.45) is 0 Å². The number of anilines is 2. The Morgan fingerprint density at radius 2 is 1.86 bits per heavy atom. The highest BCUT2D eigenvalue weighted by Crippen LogP contribution is 2.28. The predicted octanol–water partition coefficient (Wildman–Crippen LogP) is 3.95. The van der Waals surface area contributed by atoms with Crippen LogP contribution < -0.4 is 11.1 Å². The van der Waals surface area contributed by atoms with E-state index in [4.69, 9.17) is 5.73 Å². The molecule has 0 saturated carbocycles. The quantitative estimate of drug-likeness (QED) is 0.451. The molecule has 0 aromatic heterocycles. The molecule has 0 fully saturated rings. The molecule has 0 heterocycles. The first-order valence-corrected chi connectivity index (χ1v) is 7.27. The van der Waals surface area contributed by atoms with E-state index in [1.165, 1.54) is 18.2 Å². The molecule has 0 saturated heterocycles. The average molecular weight is 415 g/mol. The molecule has 21 heavy (non-hydrogen) atoms. The number of nitrogens with zero attached hydrogens (tertiary/aromatic N) is 1. The number of hydrogen-bond acceptors (Lipinski definition) is 4. The molecule has 0 spiro atoms. The number of nitrogens with two attached hydrogens (primary N) is 1. The van der Waals surface area contributed by atoms with Crippen molar-refractivity contribution in [3.63, 3.8) is 0 Å². The van der Waals surface area contributed by atoms with E-state index in [-0.39, 0.29) is 11.6 Å². The van der Waals surface area contributed by atoms with Gasteiger partial charge >= 0.3 is 0 Å². The minimum Gasteiger partial charge on any atom is -0.398 e. The zero-order valence-corrected chi connectivity index (χ0v) is 13.6. The number of nitro groups is 1. The summed E-state index contributed by atoms with van der Waals surface area (Å²) in [6.07, 6.45) is 0. The van der Waals surface area contributed by atoms with Gasteiger partial charge in [-0.2, -0.15) is 0 Å². The van der Waals surface area contributed by atoms with Crippen LogP contribution in [-0.4, -0.2) is 10.8 Å². The molecule has 2 rings (SSSR count). The lowest BCUT2D eigenvalue weighted by Gasteiger charge is -2.07. The highest BCUT2D eigenvalue weighted by atomic mass is 79.9. The molecule has 0 unspecified atom stereocenters. The number of amides is 1. The molecule has 108 valence electrons. The number of carbonyl (C=O) groups is 1. The van der Waals surface area contributed by atoms with Crippen molar-refractivity contribution in [3.05, 3.63) is 61.0 Å². The molecule has 0 aliphatic heterocycles. The number of halogens is 2. The van der Waals surface area contributed by atoms with E-state index in [0.29, 0.717) is 25.9 Å². The van der Waals surface area contributed by atoms with Crippen LogP contribution in [0.1, 0.15) is 10.4 Å². The van der Waals surface area contributed by atoms with Crippen LogP contribution in [0.25, 0.3) is 0 Å². The standard InChI is InChI=1S/C13H9Br2N3O3/c14-9-5-7(1-3-11(9)16)13(19)17-8-2-4-12(18(20)21)10(15)6-8/h1-6H,16H2,(H,17,19). The van der Waals surface area contributed by atoms with Crippen LogP contribution in [0.2, 0.25) is 0 Å². The fourth-order valence-corrected chi connectivity index (χ4v) is 2.51. The fraction of sp³-hybridized carbons (Fsp3) is 0. The van der Waals surface area contributed by atoms with Gasteiger partial charge in [0.05, 0.1) is 9.40 Å². The molecular weight excluding hydrogens is 406 g/mol. The van der Waals surface area contributed by atoms with Crippen LogP contribution >= 0.6 is 31.9 Å². The summed E-state index contributed by atoms with van der Waals surface area (Å²) in [5.41, 5.74) is 6.99. The monoisotopic (exact) mass is 413 g/mol. The number of nitrogen functional groups attached to an aromatic ring is 1. The number of nitro benzene ring substituents is 1. The number of nitrogens with one attached hydrogen (secondary N) is 1. The van der Waals surface area contributed by atoms with Gasteiger partial charge in [-0.3, -0.25) is 14.9 Å².